The third kappa shape index (κ3) is 3.46. The van der Waals surface area contributed by atoms with Crippen LogP contribution >= 0.6 is 0 Å². The molecule has 0 aliphatic rings. The molecule has 2 aromatic rings. The molecule has 22 heavy (non-hydrogen) atoms. The lowest BCUT2D eigenvalue weighted by molar-refractivity contribution is -0.206. The van der Waals surface area contributed by atoms with Crippen molar-refractivity contribution in [1.29, 1.82) is 0 Å². The number of benzene rings is 2. The van der Waals surface area contributed by atoms with Crippen molar-refractivity contribution in [3.8, 4) is 5.75 Å². The van der Waals surface area contributed by atoms with Gasteiger partial charge in [0, 0.05) is 17.3 Å². The van der Waals surface area contributed by atoms with Crippen LogP contribution in [0.4, 0.5) is 18.9 Å². The first-order valence-corrected chi connectivity index (χ1v) is 6.47. The van der Waals surface area contributed by atoms with Crippen molar-refractivity contribution in [2.75, 3.05) is 0 Å². The molecule has 0 unspecified atom stereocenters. The molecule has 0 aliphatic heterocycles. The lowest BCUT2D eigenvalue weighted by Crippen LogP contribution is -2.20. The molecule has 1 atom stereocenters. The zero-order valence-corrected chi connectivity index (χ0v) is 11.7. The minimum absolute atomic E-state index is 0.00627. The largest absolute Gasteiger partial charge is 0.507 e. The van der Waals surface area contributed by atoms with Crippen LogP contribution in [0.1, 0.15) is 22.8 Å². The number of phenolic OH excluding ortho intramolecular Hbond substituents is 1. The van der Waals surface area contributed by atoms with Crippen LogP contribution in [0.3, 0.4) is 0 Å². The van der Waals surface area contributed by atoms with Gasteiger partial charge in [-0.2, -0.15) is 13.2 Å². The van der Waals surface area contributed by atoms with Gasteiger partial charge < -0.3 is 10.2 Å². The van der Waals surface area contributed by atoms with E-state index in [0.29, 0.717) is 11.1 Å². The average molecular weight is 309 g/mol. The number of halogens is 3. The minimum atomic E-state index is -4.77. The number of nitrogens with zero attached hydrogens (tertiary/aromatic N) is 1. The average Bonchev–Trinajstić information content (AvgIpc) is 2.47. The number of aliphatic hydroxyl groups is 1. The SMILES string of the molecule is Cc1cccc(C=Nc2ccccc2[C@H](O)C(F)(F)F)c1O. The fourth-order valence-corrected chi connectivity index (χ4v) is 1.94. The highest BCUT2D eigenvalue weighted by Crippen LogP contribution is 2.37. The number of hydrogen-bond donors (Lipinski definition) is 2. The van der Waals surface area contributed by atoms with Crippen LogP contribution in [0.25, 0.3) is 0 Å². The van der Waals surface area contributed by atoms with Crippen LogP contribution in [0.15, 0.2) is 47.5 Å². The fourth-order valence-electron chi connectivity index (χ4n) is 1.94. The molecule has 2 aromatic carbocycles. The maximum atomic E-state index is 12.7. The number of aryl methyl sites for hydroxylation is 1. The van der Waals surface area contributed by atoms with E-state index in [0.717, 1.165) is 0 Å². The van der Waals surface area contributed by atoms with Crippen LogP contribution in [-0.2, 0) is 0 Å². The van der Waals surface area contributed by atoms with Gasteiger partial charge in [-0.05, 0) is 24.6 Å². The molecule has 2 rings (SSSR count). The summed E-state index contributed by atoms with van der Waals surface area (Å²) in [5.74, 6) is 0.0140. The van der Waals surface area contributed by atoms with E-state index in [-0.39, 0.29) is 17.0 Å². The summed E-state index contributed by atoms with van der Waals surface area (Å²) in [6.07, 6.45) is -6.10. The normalized spacial score (nSPS) is 13.5. The van der Waals surface area contributed by atoms with Crippen molar-refractivity contribution in [3.63, 3.8) is 0 Å². The lowest BCUT2D eigenvalue weighted by Gasteiger charge is -2.16. The van der Waals surface area contributed by atoms with Crippen LogP contribution in [-0.4, -0.2) is 22.6 Å². The molecule has 0 spiro atoms. The molecule has 6 heteroatoms. The molecule has 0 saturated carbocycles. The molecule has 2 N–H and O–H groups in total. The highest BCUT2D eigenvalue weighted by Gasteiger charge is 2.40. The Morgan fingerprint density at radius 1 is 1.09 bits per heavy atom. The topological polar surface area (TPSA) is 52.8 Å². The second-order valence-corrected chi connectivity index (χ2v) is 4.77. The molecule has 0 radical (unpaired) electrons. The molecule has 0 aromatic heterocycles. The first-order chi connectivity index (χ1) is 10.3. The second kappa shape index (κ2) is 6.19. The van der Waals surface area contributed by atoms with Gasteiger partial charge in [-0.3, -0.25) is 4.99 Å². The van der Waals surface area contributed by atoms with Gasteiger partial charge in [-0.1, -0.05) is 30.3 Å². The van der Waals surface area contributed by atoms with Gasteiger partial charge in [-0.25, -0.2) is 0 Å². The number of rotatable bonds is 3. The summed E-state index contributed by atoms with van der Waals surface area (Å²) in [5, 5.41) is 19.2. The summed E-state index contributed by atoms with van der Waals surface area (Å²) in [5.41, 5.74) is 0.676. The van der Waals surface area contributed by atoms with Gasteiger partial charge >= 0.3 is 6.18 Å². The Labute approximate surface area is 125 Å². The number of phenols is 1. The Morgan fingerprint density at radius 2 is 1.77 bits per heavy atom. The molecule has 0 aliphatic carbocycles. The monoisotopic (exact) mass is 309 g/mol. The van der Waals surface area contributed by atoms with Crippen molar-refractivity contribution in [1.82, 2.24) is 0 Å². The summed E-state index contributed by atoms with van der Waals surface area (Å²) in [4.78, 5) is 3.97. The van der Waals surface area contributed by atoms with E-state index in [2.05, 4.69) is 4.99 Å². The fraction of sp³-hybridized carbons (Fsp3) is 0.188. The first-order valence-electron chi connectivity index (χ1n) is 6.47. The Bertz CT molecular complexity index is 696. The standard InChI is InChI=1S/C16H14F3NO2/c1-10-5-4-6-11(14(10)21)9-20-13-8-3-2-7-12(13)15(22)16(17,18)19/h2-9,15,21-22H,1H3/t15-/m0/s1. The maximum Gasteiger partial charge on any atom is 0.418 e. The Balaban J connectivity index is 2.38. The summed E-state index contributed by atoms with van der Waals surface area (Å²) < 4.78 is 38.0. The van der Waals surface area contributed by atoms with Gasteiger partial charge in [0.05, 0.1) is 5.69 Å². The zero-order chi connectivity index (χ0) is 16.3. The molecule has 0 saturated heterocycles. The number of aromatic hydroxyl groups is 1. The van der Waals surface area contributed by atoms with Gasteiger partial charge in [0.15, 0.2) is 6.10 Å². The van der Waals surface area contributed by atoms with Crippen molar-refractivity contribution in [2.24, 2.45) is 4.99 Å². The van der Waals surface area contributed by atoms with Gasteiger partial charge in [0.1, 0.15) is 5.75 Å². The number of aliphatic hydroxyl groups excluding tert-OH is 1. The zero-order valence-electron chi connectivity index (χ0n) is 11.7. The Hall–Kier alpha value is -2.34. The maximum absolute atomic E-state index is 12.7. The summed E-state index contributed by atoms with van der Waals surface area (Å²) in [6, 6.07) is 10.5. The van der Waals surface area contributed by atoms with Crippen molar-refractivity contribution in [3.05, 3.63) is 59.2 Å². The molecular formula is C16H14F3NO2. The van der Waals surface area contributed by atoms with Crippen LogP contribution in [0.2, 0.25) is 0 Å². The molecule has 3 nitrogen and oxygen atoms in total. The number of aliphatic imine (C=N–C) groups is 1. The summed E-state index contributed by atoms with van der Waals surface area (Å²) >= 11 is 0. The van der Waals surface area contributed by atoms with Gasteiger partial charge in [0.25, 0.3) is 0 Å². The van der Waals surface area contributed by atoms with E-state index in [1.165, 1.54) is 30.5 Å². The van der Waals surface area contributed by atoms with Crippen LogP contribution in [0, 0.1) is 6.92 Å². The second-order valence-electron chi connectivity index (χ2n) is 4.77. The number of para-hydroxylation sites is 2. The van der Waals surface area contributed by atoms with Crippen LogP contribution < -0.4 is 0 Å². The highest BCUT2D eigenvalue weighted by molar-refractivity contribution is 5.86. The van der Waals surface area contributed by atoms with Gasteiger partial charge in [0.2, 0.25) is 0 Å². The van der Waals surface area contributed by atoms with E-state index < -0.39 is 12.3 Å². The smallest absolute Gasteiger partial charge is 0.418 e. The van der Waals surface area contributed by atoms with Crippen molar-refractivity contribution < 1.29 is 23.4 Å². The van der Waals surface area contributed by atoms with E-state index in [9.17, 15) is 23.4 Å². The summed E-state index contributed by atoms with van der Waals surface area (Å²) in [6.45, 7) is 1.70. The predicted octanol–water partition coefficient (Wildman–Crippen LogP) is 4.05. The van der Waals surface area contributed by atoms with Crippen LogP contribution in [0.5, 0.6) is 5.75 Å². The predicted molar refractivity (Wildman–Crippen MR) is 77.6 cm³/mol. The molecule has 116 valence electrons. The third-order valence-electron chi connectivity index (χ3n) is 3.15. The molecule has 0 fully saturated rings. The van der Waals surface area contributed by atoms with E-state index in [1.54, 1.807) is 25.1 Å². The molecule has 0 heterocycles. The Kier molecular flexibility index (Phi) is 4.51. The minimum Gasteiger partial charge on any atom is -0.507 e. The molecule has 0 amide bonds. The number of hydrogen-bond acceptors (Lipinski definition) is 3. The summed E-state index contributed by atoms with van der Waals surface area (Å²) in [7, 11) is 0. The third-order valence-corrected chi connectivity index (χ3v) is 3.15. The highest BCUT2D eigenvalue weighted by atomic mass is 19.4. The first kappa shape index (κ1) is 16.0. The molecule has 0 bridgehead atoms. The van der Waals surface area contributed by atoms with Crippen molar-refractivity contribution >= 4 is 11.9 Å². The van der Waals surface area contributed by atoms with Crippen molar-refractivity contribution in [2.45, 2.75) is 19.2 Å². The number of alkyl halides is 3. The molecular weight excluding hydrogens is 295 g/mol. The lowest BCUT2D eigenvalue weighted by atomic mass is 10.1. The van der Waals surface area contributed by atoms with E-state index >= 15 is 0 Å². The Morgan fingerprint density at radius 3 is 2.45 bits per heavy atom. The van der Waals surface area contributed by atoms with E-state index in [1.807, 2.05) is 0 Å². The van der Waals surface area contributed by atoms with E-state index in [4.69, 9.17) is 0 Å². The quantitative estimate of drug-likeness (QED) is 0.841. The van der Waals surface area contributed by atoms with Gasteiger partial charge in [-0.15, -0.1) is 0 Å².